The smallest absolute Gasteiger partial charge is 0.170 e. The van der Waals surface area contributed by atoms with E-state index >= 15 is 0 Å². The van der Waals surface area contributed by atoms with Gasteiger partial charge in [-0.15, -0.1) is 0 Å². The monoisotopic (exact) mass is 417 g/mol. The van der Waals surface area contributed by atoms with Crippen LogP contribution in [-0.2, 0) is 13.2 Å². The highest BCUT2D eigenvalue weighted by molar-refractivity contribution is 6.31. The van der Waals surface area contributed by atoms with Crippen molar-refractivity contribution in [3.8, 4) is 11.5 Å². The van der Waals surface area contributed by atoms with Crippen molar-refractivity contribution >= 4 is 17.4 Å². The van der Waals surface area contributed by atoms with Crippen LogP contribution < -0.4 is 9.47 Å². The lowest BCUT2D eigenvalue weighted by Gasteiger charge is -2.32. The number of halogens is 1. The summed E-state index contributed by atoms with van der Waals surface area (Å²) in [6, 6.07) is 11.1. The van der Waals surface area contributed by atoms with Gasteiger partial charge in [-0.1, -0.05) is 17.7 Å². The van der Waals surface area contributed by atoms with Gasteiger partial charge in [0.25, 0.3) is 0 Å². The van der Waals surface area contributed by atoms with Crippen LogP contribution in [0.2, 0.25) is 5.02 Å². The minimum atomic E-state index is -0.0869. The number of aliphatic hydroxyl groups excluding tert-OH is 1. The number of aliphatic hydroxyl groups is 1. The lowest BCUT2D eigenvalue weighted by molar-refractivity contribution is 0.0808. The van der Waals surface area contributed by atoms with Crippen LogP contribution in [0, 0.1) is 5.92 Å². The Balaban J connectivity index is 1.71. The number of rotatable bonds is 8. The van der Waals surface area contributed by atoms with Gasteiger partial charge in [0.15, 0.2) is 5.78 Å². The zero-order valence-electron chi connectivity index (χ0n) is 17.0. The van der Waals surface area contributed by atoms with Gasteiger partial charge in [0, 0.05) is 29.6 Å². The van der Waals surface area contributed by atoms with E-state index in [2.05, 4.69) is 4.90 Å². The van der Waals surface area contributed by atoms with Crippen molar-refractivity contribution < 1.29 is 19.4 Å². The SMILES string of the molecule is CCOc1ccc(CN2CCC[C@@H](C(=O)c3cc(Cl)ccc3OC)C2)cc1CO. The van der Waals surface area contributed by atoms with Gasteiger partial charge in [-0.2, -0.15) is 0 Å². The van der Waals surface area contributed by atoms with Crippen molar-refractivity contribution in [1.29, 1.82) is 0 Å². The second-order valence-electron chi connectivity index (χ2n) is 7.32. The highest BCUT2D eigenvalue weighted by atomic mass is 35.5. The van der Waals surface area contributed by atoms with Gasteiger partial charge in [-0.3, -0.25) is 9.69 Å². The molecule has 1 atom stereocenters. The molecule has 1 aliphatic rings. The third-order valence-corrected chi connectivity index (χ3v) is 5.54. The number of ketones is 1. The summed E-state index contributed by atoms with van der Waals surface area (Å²) in [6.07, 6.45) is 1.82. The Morgan fingerprint density at radius 1 is 1.24 bits per heavy atom. The zero-order chi connectivity index (χ0) is 20.8. The Kier molecular flexibility index (Phi) is 7.53. The van der Waals surface area contributed by atoms with E-state index in [1.165, 1.54) is 0 Å². The average Bonchev–Trinajstić information content (AvgIpc) is 2.74. The molecule has 5 nitrogen and oxygen atoms in total. The molecule has 0 aromatic heterocycles. The molecule has 3 rings (SSSR count). The van der Waals surface area contributed by atoms with E-state index in [0.717, 1.165) is 42.8 Å². The van der Waals surface area contributed by atoms with Crippen LogP contribution in [0.4, 0.5) is 0 Å². The van der Waals surface area contributed by atoms with E-state index in [4.69, 9.17) is 21.1 Å². The Labute approximate surface area is 177 Å². The van der Waals surface area contributed by atoms with E-state index in [1.807, 2.05) is 25.1 Å². The molecular formula is C23H28ClNO4. The van der Waals surface area contributed by atoms with Crippen molar-refractivity contribution in [2.75, 3.05) is 26.8 Å². The Bertz CT molecular complexity index is 855. The van der Waals surface area contributed by atoms with E-state index < -0.39 is 0 Å². The fraction of sp³-hybridized carbons (Fsp3) is 0.435. The molecule has 1 aliphatic heterocycles. The molecule has 0 unspecified atom stereocenters. The van der Waals surface area contributed by atoms with E-state index in [9.17, 15) is 9.90 Å². The molecule has 0 amide bonds. The van der Waals surface area contributed by atoms with Crippen LogP contribution in [0.1, 0.15) is 41.3 Å². The third-order valence-electron chi connectivity index (χ3n) is 5.30. The second kappa shape index (κ2) is 10.1. The minimum absolute atomic E-state index is 0.0567. The number of hydrogen-bond acceptors (Lipinski definition) is 5. The summed E-state index contributed by atoms with van der Waals surface area (Å²) in [4.78, 5) is 15.4. The summed E-state index contributed by atoms with van der Waals surface area (Å²) in [7, 11) is 1.57. The van der Waals surface area contributed by atoms with Crippen LogP contribution in [0.5, 0.6) is 11.5 Å². The molecule has 0 aliphatic carbocycles. The second-order valence-corrected chi connectivity index (χ2v) is 7.75. The molecule has 1 saturated heterocycles. The highest BCUT2D eigenvalue weighted by Crippen LogP contribution is 2.29. The number of carbonyl (C=O) groups is 1. The maximum absolute atomic E-state index is 13.1. The summed E-state index contributed by atoms with van der Waals surface area (Å²) >= 11 is 6.11. The largest absolute Gasteiger partial charge is 0.496 e. The summed E-state index contributed by atoms with van der Waals surface area (Å²) in [5, 5.41) is 10.2. The fourth-order valence-electron chi connectivity index (χ4n) is 3.92. The molecule has 2 aromatic rings. The van der Waals surface area contributed by atoms with Crippen molar-refractivity contribution in [2.24, 2.45) is 5.92 Å². The number of nitrogens with zero attached hydrogens (tertiary/aromatic N) is 1. The molecule has 2 aromatic carbocycles. The first kappa shape index (κ1) is 21.6. The lowest BCUT2D eigenvalue weighted by Crippen LogP contribution is -2.38. The van der Waals surface area contributed by atoms with E-state index in [0.29, 0.717) is 29.5 Å². The molecule has 1 heterocycles. The Morgan fingerprint density at radius 2 is 2.03 bits per heavy atom. The molecule has 6 heteroatoms. The predicted molar refractivity (Wildman–Crippen MR) is 114 cm³/mol. The first-order valence-electron chi connectivity index (χ1n) is 10.0. The normalized spacial score (nSPS) is 17.2. The van der Waals surface area contributed by atoms with E-state index in [-0.39, 0.29) is 18.3 Å². The van der Waals surface area contributed by atoms with Crippen LogP contribution in [0.15, 0.2) is 36.4 Å². The number of hydrogen-bond donors (Lipinski definition) is 1. The molecule has 1 N–H and O–H groups in total. The number of piperidine rings is 1. The van der Waals surface area contributed by atoms with Crippen molar-refractivity contribution in [3.63, 3.8) is 0 Å². The van der Waals surface area contributed by atoms with Crippen molar-refractivity contribution in [2.45, 2.75) is 32.9 Å². The quantitative estimate of drug-likeness (QED) is 0.647. The number of Topliss-reactive ketones (excluding diaryl/α,β-unsaturated/α-hetero) is 1. The first-order chi connectivity index (χ1) is 14.0. The van der Waals surface area contributed by atoms with Crippen LogP contribution in [-0.4, -0.2) is 42.6 Å². The number of ether oxygens (including phenoxy) is 2. The molecule has 29 heavy (non-hydrogen) atoms. The summed E-state index contributed by atoms with van der Waals surface area (Å²) in [5.41, 5.74) is 2.44. The van der Waals surface area contributed by atoms with Gasteiger partial charge < -0.3 is 14.6 Å². The number of carbonyl (C=O) groups excluding carboxylic acids is 1. The molecule has 0 bridgehead atoms. The number of benzene rings is 2. The maximum atomic E-state index is 13.1. The molecule has 156 valence electrons. The zero-order valence-corrected chi connectivity index (χ0v) is 17.7. The van der Waals surface area contributed by atoms with Crippen LogP contribution in [0.25, 0.3) is 0 Å². The van der Waals surface area contributed by atoms with Gasteiger partial charge in [-0.05, 0) is 62.2 Å². The standard InChI is InChI=1S/C23H28ClNO4/c1-3-29-21-8-6-16(11-18(21)15-26)13-25-10-4-5-17(14-25)23(27)20-12-19(24)7-9-22(20)28-2/h6-9,11-12,17,26H,3-5,10,13-15H2,1-2H3/t17-/m1/s1. The number of methoxy groups -OCH3 is 1. The van der Waals surface area contributed by atoms with Crippen LogP contribution >= 0.6 is 11.6 Å². The average molecular weight is 418 g/mol. The van der Waals surface area contributed by atoms with Gasteiger partial charge in [0.1, 0.15) is 11.5 Å². The van der Waals surface area contributed by atoms with Gasteiger partial charge in [-0.25, -0.2) is 0 Å². The first-order valence-corrected chi connectivity index (χ1v) is 10.4. The van der Waals surface area contributed by atoms with Crippen molar-refractivity contribution in [1.82, 2.24) is 4.90 Å². The van der Waals surface area contributed by atoms with E-state index in [1.54, 1.807) is 25.3 Å². The maximum Gasteiger partial charge on any atom is 0.170 e. The topological polar surface area (TPSA) is 59.0 Å². The molecular weight excluding hydrogens is 390 g/mol. The Hall–Kier alpha value is -2.08. The summed E-state index contributed by atoms with van der Waals surface area (Å²) in [5.74, 6) is 1.28. The van der Waals surface area contributed by atoms with Gasteiger partial charge in [0.2, 0.25) is 0 Å². The van der Waals surface area contributed by atoms with Crippen LogP contribution in [0.3, 0.4) is 0 Å². The number of likely N-dealkylation sites (tertiary alicyclic amines) is 1. The molecule has 1 fully saturated rings. The Morgan fingerprint density at radius 3 is 2.76 bits per heavy atom. The van der Waals surface area contributed by atoms with Gasteiger partial charge >= 0.3 is 0 Å². The summed E-state index contributed by atoms with van der Waals surface area (Å²) < 4.78 is 10.9. The van der Waals surface area contributed by atoms with Crippen molar-refractivity contribution in [3.05, 3.63) is 58.1 Å². The predicted octanol–water partition coefficient (Wildman–Crippen LogP) is 4.33. The molecule has 0 radical (unpaired) electrons. The van der Waals surface area contributed by atoms with Gasteiger partial charge in [0.05, 0.1) is 25.9 Å². The molecule has 0 spiro atoms. The lowest BCUT2D eigenvalue weighted by atomic mass is 9.89. The fourth-order valence-corrected chi connectivity index (χ4v) is 4.09. The third kappa shape index (κ3) is 5.30. The molecule has 0 saturated carbocycles. The minimum Gasteiger partial charge on any atom is -0.496 e. The highest BCUT2D eigenvalue weighted by Gasteiger charge is 2.28. The summed E-state index contributed by atoms with van der Waals surface area (Å²) in [6.45, 7) is 4.80.